The highest BCUT2D eigenvalue weighted by atomic mass is 19.1. The van der Waals surface area contributed by atoms with Gasteiger partial charge in [-0.15, -0.1) is 0 Å². The molecule has 7 nitrogen and oxygen atoms in total. The third kappa shape index (κ3) is 6.97. The van der Waals surface area contributed by atoms with E-state index in [4.69, 9.17) is 9.72 Å². The molecule has 45 heavy (non-hydrogen) atoms. The van der Waals surface area contributed by atoms with Crippen molar-refractivity contribution in [2.24, 2.45) is 0 Å². The third-order valence-corrected chi connectivity index (χ3v) is 8.62. The highest BCUT2D eigenvalue weighted by Crippen LogP contribution is 2.31. The molecule has 0 amide bonds. The van der Waals surface area contributed by atoms with Gasteiger partial charge in [-0.2, -0.15) is 0 Å². The van der Waals surface area contributed by atoms with E-state index in [0.29, 0.717) is 42.7 Å². The highest BCUT2D eigenvalue weighted by molar-refractivity contribution is 5.82. The molecule has 232 valence electrons. The van der Waals surface area contributed by atoms with E-state index >= 15 is 4.39 Å². The third-order valence-electron chi connectivity index (χ3n) is 8.62. The fourth-order valence-electron chi connectivity index (χ4n) is 5.96. The number of pyridine rings is 2. The highest BCUT2D eigenvalue weighted by Gasteiger charge is 2.26. The van der Waals surface area contributed by atoms with Crippen LogP contribution < -0.4 is 5.32 Å². The van der Waals surface area contributed by atoms with E-state index in [1.165, 1.54) is 41.7 Å². The number of imidazole rings is 1. The number of ether oxygens (including phenoxy) is 1. The molecule has 4 heterocycles. The molecule has 3 atom stereocenters. The van der Waals surface area contributed by atoms with E-state index in [9.17, 15) is 13.6 Å². The quantitative estimate of drug-likeness (QED) is 0.190. The molecule has 1 aliphatic rings. The number of morpholine rings is 1. The molecular weight excluding hydrogens is 579 g/mol. The molecule has 0 unspecified atom stereocenters. The number of halogens is 3. The minimum Gasteiger partial charge on any atom is -0.375 e. The molecule has 1 fully saturated rings. The zero-order chi connectivity index (χ0) is 31.5. The zero-order valence-corrected chi connectivity index (χ0v) is 25.1. The molecule has 0 spiro atoms. The molecule has 2 aromatic carbocycles. The number of fused-ring (bicyclic) bond motifs is 1. The van der Waals surface area contributed by atoms with Crippen molar-refractivity contribution in [2.45, 2.75) is 57.6 Å². The first kappa shape index (κ1) is 30.6. The minimum atomic E-state index is -0.652. The summed E-state index contributed by atoms with van der Waals surface area (Å²) in [5.74, 6) is -1.52. The average Bonchev–Trinajstić information content (AvgIpc) is 3.43. The molecule has 0 bridgehead atoms. The number of Topliss-reactive ketones (excluding diaryl/α,β-unsaturated/α-hetero) is 1. The molecule has 0 radical (unpaired) electrons. The molecular formula is C35H34F3N5O2. The summed E-state index contributed by atoms with van der Waals surface area (Å²) in [6.07, 6.45) is 5.84. The lowest BCUT2D eigenvalue weighted by Crippen LogP contribution is -2.41. The largest absolute Gasteiger partial charge is 0.375 e. The van der Waals surface area contributed by atoms with Crippen LogP contribution in [0.5, 0.6) is 0 Å². The van der Waals surface area contributed by atoms with Crippen molar-refractivity contribution in [2.75, 3.05) is 13.2 Å². The van der Waals surface area contributed by atoms with Crippen molar-refractivity contribution >= 4 is 16.8 Å². The maximum atomic E-state index is 15.0. The van der Waals surface area contributed by atoms with Gasteiger partial charge in [-0.05, 0) is 90.4 Å². The summed E-state index contributed by atoms with van der Waals surface area (Å²) in [6.45, 7) is 5.13. The Kier molecular flexibility index (Phi) is 9.04. The lowest BCUT2D eigenvalue weighted by molar-refractivity contribution is -0.118. The predicted octanol–water partition coefficient (Wildman–Crippen LogP) is 6.38. The monoisotopic (exact) mass is 613 g/mol. The number of nitrogens with one attached hydrogen (secondary N) is 2. The van der Waals surface area contributed by atoms with E-state index in [2.05, 4.69) is 46.2 Å². The lowest BCUT2D eigenvalue weighted by atomic mass is 9.85. The number of hydrogen-bond donors (Lipinski definition) is 2. The Balaban J connectivity index is 1.10. The smallest absolute Gasteiger partial charge is 0.145 e. The maximum absolute atomic E-state index is 15.0. The van der Waals surface area contributed by atoms with Crippen LogP contribution in [0, 0.1) is 31.3 Å². The van der Waals surface area contributed by atoms with E-state index in [1.807, 2.05) is 0 Å². The van der Waals surface area contributed by atoms with Crippen molar-refractivity contribution in [1.29, 1.82) is 0 Å². The van der Waals surface area contributed by atoms with Crippen LogP contribution in [0.1, 0.15) is 64.0 Å². The van der Waals surface area contributed by atoms with Gasteiger partial charge in [0.25, 0.3) is 0 Å². The molecule has 3 aromatic heterocycles. The topological polar surface area (TPSA) is 92.8 Å². The normalized spacial score (nSPS) is 17.4. The number of nitrogens with zero attached hydrogens (tertiary/aromatic N) is 3. The maximum Gasteiger partial charge on any atom is 0.145 e. The Morgan fingerprint density at radius 1 is 1.00 bits per heavy atom. The van der Waals surface area contributed by atoms with Crippen molar-refractivity contribution in [3.05, 3.63) is 124 Å². The number of aryl methyl sites for hydroxylation is 2. The number of hydrogen-bond acceptors (Lipinski definition) is 6. The number of carbonyl (C=O) groups excluding carboxylic acids is 1. The van der Waals surface area contributed by atoms with Crippen molar-refractivity contribution in [3.8, 4) is 0 Å². The van der Waals surface area contributed by atoms with E-state index < -0.39 is 23.4 Å². The number of H-pyrrole nitrogens is 1. The summed E-state index contributed by atoms with van der Waals surface area (Å²) in [4.78, 5) is 29.3. The van der Waals surface area contributed by atoms with Gasteiger partial charge in [0.1, 0.15) is 29.1 Å². The van der Waals surface area contributed by atoms with Crippen molar-refractivity contribution in [3.63, 3.8) is 0 Å². The van der Waals surface area contributed by atoms with Crippen LogP contribution >= 0.6 is 0 Å². The Hall–Kier alpha value is -4.41. The van der Waals surface area contributed by atoms with Crippen LogP contribution in [-0.4, -0.2) is 45.0 Å². The first-order valence-electron chi connectivity index (χ1n) is 15.0. The van der Waals surface area contributed by atoms with Crippen LogP contribution in [0.15, 0.2) is 67.3 Å². The number of aromatic nitrogens is 4. The molecule has 1 saturated heterocycles. The average molecular weight is 614 g/mol. The molecule has 6 rings (SSSR count). The summed E-state index contributed by atoms with van der Waals surface area (Å²) in [5, 5.41) is 3.50. The second-order valence-electron chi connectivity index (χ2n) is 11.7. The summed E-state index contributed by atoms with van der Waals surface area (Å²) < 4.78 is 49.6. The Bertz CT molecular complexity index is 1780. The number of rotatable bonds is 10. The van der Waals surface area contributed by atoms with Gasteiger partial charge in [0.15, 0.2) is 0 Å². The van der Waals surface area contributed by atoms with Gasteiger partial charge in [-0.25, -0.2) is 18.2 Å². The van der Waals surface area contributed by atoms with E-state index in [1.54, 1.807) is 12.1 Å². The molecule has 0 saturated carbocycles. The van der Waals surface area contributed by atoms with Crippen LogP contribution in [0.3, 0.4) is 0 Å². The second kappa shape index (κ2) is 13.3. The fourth-order valence-corrected chi connectivity index (χ4v) is 5.96. The summed E-state index contributed by atoms with van der Waals surface area (Å²) in [6, 6.07) is 11.3. The lowest BCUT2D eigenvalue weighted by Gasteiger charge is -2.29. The Labute approximate surface area is 259 Å². The Morgan fingerprint density at radius 3 is 2.53 bits per heavy atom. The van der Waals surface area contributed by atoms with Gasteiger partial charge in [0.2, 0.25) is 0 Å². The van der Waals surface area contributed by atoms with Gasteiger partial charge in [0.05, 0.1) is 42.2 Å². The van der Waals surface area contributed by atoms with Crippen molar-refractivity contribution in [1.82, 2.24) is 25.3 Å². The Morgan fingerprint density at radius 2 is 1.78 bits per heavy atom. The molecule has 10 heteroatoms. The fraction of sp³-hybridized carbons (Fsp3) is 0.314. The van der Waals surface area contributed by atoms with Gasteiger partial charge in [-0.1, -0.05) is 12.1 Å². The molecule has 0 aliphatic carbocycles. The summed E-state index contributed by atoms with van der Waals surface area (Å²) >= 11 is 0. The first-order valence-corrected chi connectivity index (χ1v) is 15.0. The van der Waals surface area contributed by atoms with Gasteiger partial charge >= 0.3 is 0 Å². The minimum absolute atomic E-state index is 0.0551. The van der Waals surface area contributed by atoms with Crippen LogP contribution in [0.2, 0.25) is 0 Å². The van der Waals surface area contributed by atoms with Crippen LogP contribution in [0.4, 0.5) is 13.2 Å². The van der Waals surface area contributed by atoms with Crippen LogP contribution in [0.25, 0.3) is 11.0 Å². The molecule has 1 aliphatic heterocycles. The summed E-state index contributed by atoms with van der Waals surface area (Å²) in [5.41, 5.74) is 6.09. The number of carbonyl (C=O) groups is 1. The molecule has 2 N–H and O–H groups in total. The molecule has 5 aromatic rings. The predicted molar refractivity (Wildman–Crippen MR) is 164 cm³/mol. The van der Waals surface area contributed by atoms with Gasteiger partial charge < -0.3 is 15.0 Å². The van der Waals surface area contributed by atoms with E-state index in [0.717, 1.165) is 29.3 Å². The first-order chi connectivity index (χ1) is 21.7. The SMILES string of the molecule is Cc1cc2nc([C@@H]3CO[C@H](CCc4c(F)cncc4CC(=O)C[C@@H](c4ccc(F)cc4)c4ccncc4F)CN3)[nH]c2cc1C. The van der Waals surface area contributed by atoms with E-state index in [-0.39, 0.29) is 36.3 Å². The summed E-state index contributed by atoms with van der Waals surface area (Å²) in [7, 11) is 0. The van der Waals surface area contributed by atoms with Gasteiger partial charge in [0, 0.05) is 37.7 Å². The number of ketones is 1. The zero-order valence-electron chi connectivity index (χ0n) is 25.1. The van der Waals surface area contributed by atoms with Crippen molar-refractivity contribution < 1.29 is 22.7 Å². The number of aromatic amines is 1. The van der Waals surface area contributed by atoms with Gasteiger partial charge in [-0.3, -0.25) is 14.8 Å². The van der Waals surface area contributed by atoms with Crippen LogP contribution in [-0.2, 0) is 22.4 Å². The standard InChI is InChI=1S/C35H34F3N5O2/c1-20-11-32-33(12-21(20)2)43-35(42-32)34-19-45-26(16-41-34)7-8-27-23(15-40-18-30(27)37)13-25(44)14-29(22-3-5-24(36)6-4-22)28-9-10-39-17-31(28)38/h3-6,9-12,15,17-18,26,29,34,41H,7-8,13-14,16,19H2,1-2H3,(H,42,43)/t26-,29+,34+/m1/s1. The number of benzene rings is 2. The second-order valence-corrected chi connectivity index (χ2v) is 11.7.